The molecular formula is C14H24N2. The summed E-state index contributed by atoms with van der Waals surface area (Å²) in [6.07, 6.45) is 9.75. The molecule has 2 rings (SSSR count). The van der Waals surface area contributed by atoms with Crippen LogP contribution in [0.25, 0.3) is 0 Å². The van der Waals surface area contributed by atoms with Crippen molar-refractivity contribution < 1.29 is 0 Å². The molecule has 0 N–H and O–H groups in total. The molecule has 1 fully saturated rings. The Kier molecular flexibility index (Phi) is 3.70. The van der Waals surface area contributed by atoms with Gasteiger partial charge in [0.1, 0.15) is 0 Å². The Balaban J connectivity index is 1.90. The zero-order valence-corrected chi connectivity index (χ0v) is 10.9. The van der Waals surface area contributed by atoms with Crippen molar-refractivity contribution in [1.82, 2.24) is 9.80 Å². The lowest BCUT2D eigenvalue weighted by molar-refractivity contribution is 0.244. The molecule has 0 aromatic carbocycles. The Bertz CT molecular complexity index is 304. The summed E-state index contributed by atoms with van der Waals surface area (Å²) in [5.74, 6) is 0. The van der Waals surface area contributed by atoms with Crippen LogP contribution in [0, 0.1) is 0 Å². The Morgan fingerprint density at radius 1 is 1.38 bits per heavy atom. The Morgan fingerprint density at radius 2 is 2.19 bits per heavy atom. The van der Waals surface area contributed by atoms with Crippen LogP contribution in [0.1, 0.15) is 32.6 Å². The summed E-state index contributed by atoms with van der Waals surface area (Å²) >= 11 is 0. The molecule has 1 unspecified atom stereocenters. The highest BCUT2D eigenvalue weighted by atomic mass is 15.2. The fourth-order valence-corrected chi connectivity index (χ4v) is 2.69. The van der Waals surface area contributed by atoms with Gasteiger partial charge in [0, 0.05) is 25.3 Å². The summed E-state index contributed by atoms with van der Waals surface area (Å²) in [5, 5.41) is 0. The van der Waals surface area contributed by atoms with Crippen LogP contribution >= 0.6 is 0 Å². The highest BCUT2D eigenvalue weighted by molar-refractivity contribution is 5.22. The van der Waals surface area contributed by atoms with E-state index < -0.39 is 0 Å². The second-order valence-corrected chi connectivity index (χ2v) is 5.33. The van der Waals surface area contributed by atoms with Crippen LogP contribution in [0.5, 0.6) is 0 Å². The molecule has 0 amide bonds. The van der Waals surface area contributed by atoms with E-state index in [9.17, 15) is 0 Å². The van der Waals surface area contributed by atoms with Crippen LogP contribution < -0.4 is 0 Å². The van der Waals surface area contributed by atoms with Crippen molar-refractivity contribution in [3.63, 3.8) is 0 Å². The van der Waals surface area contributed by atoms with Crippen LogP contribution in [0.2, 0.25) is 0 Å². The lowest BCUT2D eigenvalue weighted by Gasteiger charge is -2.30. The molecule has 2 heteroatoms. The first-order valence-electron chi connectivity index (χ1n) is 6.44. The second-order valence-electron chi connectivity index (χ2n) is 5.33. The summed E-state index contributed by atoms with van der Waals surface area (Å²) in [6.45, 7) is 4.68. The summed E-state index contributed by atoms with van der Waals surface area (Å²) in [7, 11) is 4.50. The van der Waals surface area contributed by atoms with Crippen molar-refractivity contribution in [2.45, 2.75) is 38.6 Å². The van der Waals surface area contributed by atoms with Crippen molar-refractivity contribution in [3.05, 3.63) is 23.4 Å². The third-order valence-electron chi connectivity index (χ3n) is 3.98. The molecule has 1 aliphatic heterocycles. The maximum Gasteiger partial charge on any atom is 0.0327 e. The number of nitrogens with zero attached hydrogens (tertiary/aromatic N) is 2. The standard InChI is InChI=1S/C14H24N2/c1-12-6-8-13(9-7-12)16(3)11-14-5-4-10-15(14)2/h6,8,14H,4-5,7,9-11H2,1-3H3. The van der Waals surface area contributed by atoms with Crippen LogP contribution in [0.15, 0.2) is 23.4 Å². The zero-order valence-electron chi connectivity index (χ0n) is 10.9. The lowest BCUT2D eigenvalue weighted by atomic mass is 10.0. The van der Waals surface area contributed by atoms with Crippen molar-refractivity contribution in [1.29, 1.82) is 0 Å². The molecule has 2 aliphatic rings. The van der Waals surface area contributed by atoms with Gasteiger partial charge in [0.25, 0.3) is 0 Å². The minimum Gasteiger partial charge on any atom is -0.376 e. The molecule has 1 heterocycles. The SMILES string of the molecule is CC1=CC=C(N(C)CC2CCCN2C)CC1. The number of rotatable bonds is 3. The average molecular weight is 220 g/mol. The second kappa shape index (κ2) is 5.05. The van der Waals surface area contributed by atoms with Gasteiger partial charge in [-0.2, -0.15) is 0 Å². The molecule has 0 radical (unpaired) electrons. The topological polar surface area (TPSA) is 6.48 Å². The monoisotopic (exact) mass is 220 g/mol. The van der Waals surface area contributed by atoms with E-state index in [1.54, 1.807) is 0 Å². The third kappa shape index (κ3) is 2.67. The van der Waals surface area contributed by atoms with Gasteiger partial charge in [0.2, 0.25) is 0 Å². The molecule has 2 nitrogen and oxygen atoms in total. The van der Waals surface area contributed by atoms with E-state index >= 15 is 0 Å². The van der Waals surface area contributed by atoms with Gasteiger partial charge in [-0.3, -0.25) is 0 Å². The Hall–Kier alpha value is -0.760. The van der Waals surface area contributed by atoms with Crippen molar-refractivity contribution in [2.24, 2.45) is 0 Å². The number of hydrogen-bond donors (Lipinski definition) is 0. The minimum absolute atomic E-state index is 0.762. The molecule has 0 aromatic rings. The van der Waals surface area contributed by atoms with Crippen LogP contribution in [-0.4, -0.2) is 43.0 Å². The van der Waals surface area contributed by atoms with Gasteiger partial charge in [-0.25, -0.2) is 0 Å². The first-order valence-corrected chi connectivity index (χ1v) is 6.44. The van der Waals surface area contributed by atoms with Gasteiger partial charge in [-0.1, -0.05) is 11.6 Å². The van der Waals surface area contributed by atoms with Crippen molar-refractivity contribution >= 4 is 0 Å². The average Bonchev–Trinajstić information content (AvgIpc) is 2.65. The molecule has 0 saturated carbocycles. The highest BCUT2D eigenvalue weighted by Crippen LogP contribution is 2.22. The molecule has 90 valence electrons. The van der Waals surface area contributed by atoms with Gasteiger partial charge >= 0.3 is 0 Å². The van der Waals surface area contributed by atoms with Gasteiger partial charge in [0.15, 0.2) is 0 Å². The molecule has 0 aromatic heterocycles. The number of hydrogen-bond acceptors (Lipinski definition) is 2. The number of likely N-dealkylation sites (tertiary alicyclic amines) is 1. The minimum atomic E-state index is 0.762. The van der Waals surface area contributed by atoms with Gasteiger partial charge in [0.05, 0.1) is 0 Å². The first-order chi connectivity index (χ1) is 7.66. The third-order valence-corrected chi connectivity index (χ3v) is 3.98. The van der Waals surface area contributed by atoms with E-state index in [-0.39, 0.29) is 0 Å². The maximum absolute atomic E-state index is 2.50. The lowest BCUT2D eigenvalue weighted by Crippen LogP contribution is -2.36. The van der Waals surface area contributed by atoms with Gasteiger partial charge < -0.3 is 9.80 Å². The van der Waals surface area contributed by atoms with Crippen LogP contribution in [0.3, 0.4) is 0 Å². The Morgan fingerprint density at radius 3 is 2.75 bits per heavy atom. The molecule has 1 saturated heterocycles. The molecule has 16 heavy (non-hydrogen) atoms. The van der Waals surface area contributed by atoms with E-state index in [2.05, 4.69) is 43.0 Å². The number of allylic oxidation sites excluding steroid dienone is 4. The highest BCUT2D eigenvalue weighted by Gasteiger charge is 2.22. The number of likely N-dealkylation sites (N-methyl/N-ethyl adjacent to an activating group) is 2. The maximum atomic E-state index is 2.50. The van der Waals surface area contributed by atoms with Crippen LogP contribution in [-0.2, 0) is 0 Å². The van der Waals surface area contributed by atoms with Gasteiger partial charge in [-0.15, -0.1) is 0 Å². The summed E-state index contributed by atoms with van der Waals surface area (Å²) < 4.78 is 0. The summed E-state index contributed by atoms with van der Waals surface area (Å²) in [4.78, 5) is 4.95. The normalized spacial score (nSPS) is 26.6. The summed E-state index contributed by atoms with van der Waals surface area (Å²) in [5.41, 5.74) is 3.01. The quantitative estimate of drug-likeness (QED) is 0.721. The molecule has 0 bridgehead atoms. The van der Waals surface area contributed by atoms with E-state index in [0.29, 0.717) is 0 Å². The smallest absolute Gasteiger partial charge is 0.0327 e. The predicted molar refractivity (Wildman–Crippen MR) is 69.4 cm³/mol. The van der Waals surface area contributed by atoms with E-state index in [4.69, 9.17) is 0 Å². The van der Waals surface area contributed by atoms with Crippen molar-refractivity contribution in [2.75, 3.05) is 27.2 Å². The molecule has 0 spiro atoms. The van der Waals surface area contributed by atoms with Crippen molar-refractivity contribution in [3.8, 4) is 0 Å². The Labute approximate surface area is 99.6 Å². The first kappa shape index (κ1) is 11.7. The largest absolute Gasteiger partial charge is 0.376 e. The molecule has 1 atom stereocenters. The fourth-order valence-electron chi connectivity index (χ4n) is 2.69. The zero-order chi connectivity index (χ0) is 11.5. The van der Waals surface area contributed by atoms with E-state index in [0.717, 1.165) is 6.04 Å². The molecular weight excluding hydrogens is 196 g/mol. The van der Waals surface area contributed by atoms with E-state index in [1.165, 1.54) is 50.0 Å². The van der Waals surface area contributed by atoms with Crippen LogP contribution in [0.4, 0.5) is 0 Å². The predicted octanol–water partition coefficient (Wildman–Crippen LogP) is 2.64. The molecule has 1 aliphatic carbocycles. The summed E-state index contributed by atoms with van der Waals surface area (Å²) in [6, 6.07) is 0.762. The fraction of sp³-hybridized carbons (Fsp3) is 0.714. The van der Waals surface area contributed by atoms with Gasteiger partial charge in [-0.05, 0) is 52.3 Å². The van der Waals surface area contributed by atoms with E-state index in [1.807, 2.05) is 0 Å².